The Bertz CT molecular complexity index is 639. The lowest BCUT2D eigenvalue weighted by molar-refractivity contribution is -0.143. The number of aliphatic hydroxyl groups is 1. The molecule has 2 aromatic carbocycles. The van der Waals surface area contributed by atoms with E-state index < -0.39 is 24.5 Å². The normalized spacial score (nSPS) is 11.9. The van der Waals surface area contributed by atoms with Gasteiger partial charge in [-0.15, -0.1) is 0 Å². The molecule has 2 aromatic rings. The van der Waals surface area contributed by atoms with Crippen LogP contribution in [0.4, 0.5) is 0 Å². The monoisotopic (exact) mass is 273 g/mol. The maximum Gasteiger partial charge on any atom is 0.330 e. The van der Waals surface area contributed by atoms with E-state index in [4.69, 9.17) is 5.11 Å². The van der Waals surface area contributed by atoms with Crippen molar-refractivity contribution in [3.05, 3.63) is 48.0 Å². The second-order valence-corrected chi connectivity index (χ2v) is 4.29. The second-order valence-electron chi connectivity index (χ2n) is 4.29. The molecule has 0 saturated carbocycles. The van der Waals surface area contributed by atoms with Crippen molar-refractivity contribution in [2.24, 2.45) is 0 Å². The van der Waals surface area contributed by atoms with E-state index in [0.29, 0.717) is 5.56 Å². The Hall–Kier alpha value is -2.40. The highest BCUT2D eigenvalue weighted by Crippen LogP contribution is 2.15. The molecule has 0 aromatic heterocycles. The van der Waals surface area contributed by atoms with E-state index in [0.717, 1.165) is 10.8 Å². The fourth-order valence-corrected chi connectivity index (χ4v) is 1.89. The minimum atomic E-state index is -1.06. The molecule has 1 amide bonds. The molecule has 5 heteroatoms. The van der Waals surface area contributed by atoms with Gasteiger partial charge in [-0.05, 0) is 22.9 Å². The summed E-state index contributed by atoms with van der Waals surface area (Å²) in [5.41, 5.74) is 0.422. The summed E-state index contributed by atoms with van der Waals surface area (Å²) in [5, 5.41) is 13.5. The van der Waals surface area contributed by atoms with Crippen molar-refractivity contribution in [3.8, 4) is 0 Å². The van der Waals surface area contributed by atoms with Crippen LogP contribution in [-0.4, -0.2) is 36.7 Å². The summed E-state index contributed by atoms with van der Waals surface area (Å²) < 4.78 is 4.50. The van der Waals surface area contributed by atoms with E-state index in [1.807, 2.05) is 30.3 Å². The lowest BCUT2D eigenvalue weighted by Gasteiger charge is -2.14. The zero-order valence-electron chi connectivity index (χ0n) is 11.0. The molecule has 0 saturated heterocycles. The first-order chi connectivity index (χ1) is 9.65. The summed E-state index contributed by atoms with van der Waals surface area (Å²) in [4.78, 5) is 23.4. The highest BCUT2D eigenvalue weighted by molar-refractivity contribution is 6.00. The maximum atomic E-state index is 12.0. The summed E-state index contributed by atoms with van der Waals surface area (Å²) in [6, 6.07) is 11.8. The quantitative estimate of drug-likeness (QED) is 0.818. The van der Waals surface area contributed by atoms with Crippen LogP contribution in [0.5, 0.6) is 0 Å². The van der Waals surface area contributed by atoms with Gasteiger partial charge in [0.05, 0.1) is 13.7 Å². The molecule has 0 spiro atoms. The minimum absolute atomic E-state index is 0.422. The molecule has 1 atom stereocenters. The average molecular weight is 273 g/mol. The third-order valence-electron chi connectivity index (χ3n) is 2.99. The number of nitrogens with one attached hydrogen (secondary N) is 1. The highest BCUT2D eigenvalue weighted by atomic mass is 16.5. The van der Waals surface area contributed by atoms with Crippen LogP contribution in [0.25, 0.3) is 10.8 Å². The van der Waals surface area contributed by atoms with Crippen LogP contribution in [0, 0.1) is 0 Å². The maximum absolute atomic E-state index is 12.0. The van der Waals surface area contributed by atoms with Crippen LogP contribution in [0.2, 0.25) is 0 Å². The Morgan fingerprint density at radius 3 is 2.55 bits per heavy atom. The van der Waals surface area contributed by atoms with E-state index in [-0.39, 0.29) is 0 Å². The molecule has 0 aliphatic heterocycles. The van der Waals surface area contributed by atoms with Gasteiger partial charge in [-0.3, -0.25) is 4.79 Å². The Morgan fingerprint density at radius 2 is 1.90 bits per heavy atom. The zero-order valence-corrected chi connectivity index (χ0v) is 11.0. The second kappa shape index (κ2) is 6.16. The summed E-state index contributed by atoms with van der Waals surface area (Å²) in [5.74, 6) is -1.11. The van der Waals surface area contributed by atoms with Crippen LogP contribution in [-0.2, 0) is 9.53 Å². The Kier molecular flexibility index (Phi) is 4.32. The van der Waals surface area contributed by atoms with Gasteiger partial charge in [0.2, 0.25) is 0 Å². The van der Waals surface area contributed by atoms with Crippen molar-refractivity contribution >= 4 is 22.6 Å². The van der Waals surface area contributed by atoms with Gasteiger partial charge in [0.15, 0.2) is 6.04 Å². The highest BCUT2D eigenvalue weighted by Gasteiger charge is 2.21. The van der Waals surface area contributed by atoms with E-state index in [1.54, 1.807) is 12.1 Å². The number of hydrogen-bond acceptors (Lipinski definition) is 4. The van der Waals surface area contributed by atoms with Crippen LogP contribution in [0.15, 0.2) is 42.5 Å². The number of carbonyl (C=O) groups is 2. The zero-order chi connectivity index (χ0) is 14.5. The fourth-order valence-electron chi connectivity index (χ4n) is 1.89. The van der Waals surface area contributed by atoms with Crippen molar-refractivity contribution in [1.82, 2.24) is 5.32 Å². The van der Waals surface area contributed by atoms with Gasteiger partial charge in [-0.25, -0.2) is 4.79 Å². The van der Waals surface area contributed by atoms with Crippen molar-refractivity contribution in [1.29, 1.82) is 0 Å². The molecule has 20 heavy (non-hydrogen) atoms. The number of ether oxygens (including phenoxy) is 1. The number of methoxy groups -OCH3 is 1. The number of amides is 1. The number of benzene rings is 2. The molecule has 0 fully saturated rings. The lowest BCUT2D eigenvalue weighted by atomic mass is 10.1. The number of carbonyl (C=O) groups excluding carboxylic acids is 2. The molecule has 0 aliphatic carbocycles. The summed E-state index contributed by atoms with van der Waals surface area (Å²) in [6.07, 6.45) is 0. The molecule has 0 radical (unpaired) electrons. The molecule has 0 bridgehead atoms. The van der Waals surface area contributed by atoms with E-state index in [1.165, 1.54) is 7.11 Å². The Morgan fingerprint density at radius 1 is 1.20 bits per heavy atom. The number of fused-ring (bicyclic) bond motifs is 1. The number of esters is 1. The van der Waals surface area contributed by atoms with Crippen molar-refractivity contribution in [2.45, 2.75) is 6.04 Å². The first kappa shape index (κ1) is 14.0. The van der Waals surface area contributed by atoms with E-state index in [9.17, 15) is 9.59 Å². The van der Waals surface area contributed by atoms with Gasteiger partial charge >= 0.3 is 5.97 Å². The number of hydrogen-bond donors (Lipinski definition) is 2. The topological polar surface area (TPSA) is 75.6 Å². The van der Waals surface area contributed by atoms with E-state index >= 15 is 0 Å². The molecule has 0 unspecified atom stereocenters. The largest absolute Gasteiger partial charge is 0.467 e. The van der Waals surface area contributed by atoms with Crippen molar-refractivity contribution in [2.75, 3.05) is 13.7 Å². The standard InChI is InChI=1S/C15H15NO4/c1-20-15(19)13(9-17)16-14(18)12-7-6-10-4-2-3-5-11(10)8-12/h2-8,13,17H,9H2,1H3,(H,16,18)/t13-/m1/s1. The molecular weight excluding hydrogens is 258 g/mol. The number of aliphatic hydroxyl groups excluding tert-OH is 1. The fraction of sp³-hybridized carbons (Fsp3) is 0.200. The lowest BCUT2D eigenvalue weighted by Crippen LogP contribution is -2.44. The third kappa shape index (κ3) is 2.95. The van der Waals surface area contributed by atoms with Gasteiger partial charge < -0.3 is 15.2 Å². The van der Waals surface area contributed by atoms with Crippen LogP contribution in [0.1, 0.15) is 10.4 Å². The van der Waals surface area contributed by atoms with E-state index in [2.05, 4.69) is 10.1 Å². The minimum Gasteiger partial charge on any atom is -0.467 e. The van der Waals surface area contributed by atoms with Gasteiger partial charge in [0, 0.05) is 5.56 Å². The van der Waals surface area contributed by atoms with Crippen LogP contribution in [0.3, 0.4) is 0 Å². The number of rotatable bonds is 4. The molecular formula is C15H15NO4. The Labute approximate surface area is 116 Å². The SMILES string of the molecule is COC(=O)[C@@H](CO)NC(=O)c1ccc2ccccc2c1. The molecule has 2 N–H and O–H groups in total. The van der Waals surface area contributed by atoms with Crippen molar-refractivity contribution < 1.29 is 19.4 Å². The smallest absolute Gasteiger partial charge is 0.330 e. The molecule has 2 rings (SSSR count). The molecule has 0 aliphatic rings. The first-order valence-corrected chi connectivity index (χ1v) is 6.14. The third-order valence-corrected chi connectivity index (χ3v) is 2.99. The summed E-state index contributed by atoms with van der Waals surface area (Å²) >= 11 is 0. The first-order valence-electron chi connectivity index (χ1n) is 6.14. The molecule has 5 nitrogen and oxygen atoms in total. The van der Waals surface area contributed by atoms with Gasteiger partial charge in [-0.1, -0.05) is 30.3 Å². The molecule has 0 heterocycles. The van der Waals surface area contributed by atoms with Crippen molar-refractivity contribution in [3.63, 3.8) is 0 Å². The Balaban J connectivity index is 2.20. The van der Waals surface area contributed by atoms with Crippen LogP contribution < -0.4 is 5.32 Å². The summed E-state index contributed by atoms with van der Waals surface area (Å²) in [7, 11) is 1.20. The van der Waals surface area contributed by atoms with Gasteiger partial charge in [-0.2, -0.15) is 0 Å². The predicted molar refractivity (Wildman–Crippen MR) is 74.3 cm³/mol. The molecule has 104 valence electrons. The predicted octanol–water partition coefficient (Wildman–Crippen LogP) is 1.10. The summed E-state index contributed by atoms with van der Waals surface area (Å²) in [6.45, 7) is -0.508. The van der Waals surface area contributed by atoms with Crippen LogP contribution >= 0.6 is 0 Å². The van der Waals surface area contributed by atoms with Gasteiger partial charge in [0.25, 0.3) is 5.91 Å². The van der Waals surface area contributed by atoms with Gasteiger partial charge in [0.1, 0.15) is 0 Å². The average Bonchev–Trinajstić information content (AvgIpc) is 2.51.